The molecule has 0 unspecified atom stereocenters. The Balaban J connectivity index is 2.01. The van der Waals surface area contributed by atoms with Gasteiger partial charge in [-0.15, -0.1) is 0 Å². The van der Waals surface area contributed by atoms with E-state index in [2.05, 4.69) is 47.3 Å². The molecule has 0 bridgehead atoms. The van der Waals surface area contributed by atoms with E-state index in [4.69, 9.17) is 4.43 Å². The van der Waals surface area contributed by atoms with Gasteiger partial charge in [0.1, 0.15) is 12.0 Å². The number of carbonyl (C=O) groups excluding carboxylic acids is 1. The summed E-state index contributed by atoms with van der Waals surface area (Å²) in [4.78, 5) is 12.4. The van der Waals surface area contributed by atoms with Crippen molar-refractivity contribution in [2.24, 2.45) is 23.2 Å². The van der Waals surface area contributed by atoms with Gasteiger partial charge in [-0.05, 0) is 88.3 Å². The summed E-state index contributed by atoms with van der Waals surface area (Å²) in [6, 6.07) is 0. The first kappa shape index (κ1) is 23.1. The highest BCUT2D eigenvalue weighted by Gasteiger charge is 2.52. The number of Topliss-reactive ketones (excluding diaryl/α,β-unsaturated/α-hetero) is 1. The summed E-state index contributed by atoms with van der Waals surface area (Å²) in [7, 11) is -1.80. The molecule has 5 atom stereocenters. The summed E-state index contributed by atoms with van der Waals surface area (Å²) in [6.07, 6.45) is 7.24. The molecule has 0 saturated heterocycles. The molecule has 2 fully saturated rings. The molecule has 2 aliphatic rings. The monoisotopic (exact) mass is 398 g/mol. The van der Waals surface area contributed by atoms with Crippen LogP contribution in [0.4, 0.5) is 4.39 Å². The number of ketones is 1. The van der Waals surface area contributed by atoms with Crippen LogP contribution in [0.1, 0.15) is 85.5 Å². The zero-order valence-electron chi connectivity index (χ0n) is 18.9. The number of fused-ring (bicyclic) bond motifs is 1. The molecule has 2 saturated carbocycles. The Kier molecular flexibility index (Phi) is 7.39. The Labute approximate surface area is 168 Å². The smallest absolute Gasteiger partial charge is 0.184 e. The molecular formula is C23H43FO2Si. The number of hydrogen-bond acceptors (Lipinski definition) is 2. The lowest BCUT2D eigenvalue weighted by atomic mass is 9.62. The quantitative estimate of drug-likeness (QED) is 0.393. The Morgan fingerprint density at radius 3 is 2.41 bits per heavy atom. The highest BCUT2D eigenvalue weighted by Crippen LogP contribution is 2.57. The van der Waals surface area contributed by atoms with Crippen molar-refractivity contribution in [3.8, 4) is 0 Å². The first-order valence-corrected chi connectivity index (χ1v) is 14.8. The van der Waals surface area contributed by atoms with Crippen LogP contribution in [0.2, 0.25) is 19.6 Å². The third-order valence-electron chi connectivity index (χ3n) is 7.78. The van der Waals surface area contributed by atoms with Gasteiger partial charge in [-0.25, -0.2) is 4.39 Å². The molecule has 2 aliphatic carbocycles. The van der Waals surface area contributed by atoms with Crippen LogP contribution in [0, 0.1) is 23.2 Å². The third-order valence-corrected chi connectivity index (χ3v) is 8.80. The fraction of sp³-hybridized carbons (Fsp3) is 0.957. The summed E-state index contributed by atoms with van der Waals surface area (Å²) in [5.41, 5.74) is -0.463. The van der Waals surface area contributed by atoms with E-state index in [-0.39, 0.29) is 11.3 Å². The Hall–Kier alpha value is -0.223. The number of rotatable bonds is 9. The molecule has 0 spiro atoms. The van der Waals surface area contributed by atoms with Crippen molar-refractivity contribution in [1.82, 2.24) is 0 Å². The van der Waals surface area contributed by atoms with E-state index in [1.807, 2.05) is 0 Å². The first-order valence-electron chi connectivity index (χ1n) is 11.4. The number of halogens is 1. The van der Waals surface area contributed by atoms with E-state index in [1.165, 1.54) is 6.42 Å². The predicted molar refractivity (Wildman–Crippen MR) is 114 cm³/mol. The number of alkyl halides is 1. The Bertz CT molecular complexity index is 511. The van der Waals surface area contributed by atoms with Gasteiger partial charge in [0.2, 0.25) is 0 Å². The molecule has 0 aliphatic heterocycles. The van der Waals surface area contributed by atoms with Gasteiger partial charge in [0, 0.05) is 12.3 Å². The molecular weight excluding hydrogens is 355 g/mol. The van der Waals surface area contributed by atoms with Gasteiger partial charge in [-0.3, -0.25) is 4.79 Å². The molecule has 4 heteroatoms. The molecule has 158 valence electrons. The van der Waals surface area contributed by atoms with E-state index >= 15 is 4.39 Å². The van der Waals surface area contributed by atoms with Crippen molar-refractivity contribution in [2.75, 3.05) is 0 Å². The Morgan fingerprint density at radius 2 is 1.85 bits per heavy atom. The fourth-order valence-electron chi connectivity index (χ4n) is 6.29. The van der Waals surface area contributed by atoms with Crippen molar-refractivity contribution in [1.29, 1.82) is 0 Å². The normalized spacial score (nSPS) is 31.6. The standard InChI is InChI=1S/C23H43FO2Si/c1-8-23(9-2,26-27(5,6)7)21(24)15-12-17(3)18-13-14-19-20(25)11-10-16-22(18,19)4/h17-19,21H,8-16H2,1-7H3/t17-,18-,19+,21+,22-/m1/s1. The fourth-order valence-corrected chi connectivity index (χ4v) is 7.93. The second kappa shape index (κ2) is 8.65. The predicted octanol–water partition coefficient (Wildman–Crippen LogP) is 6.94. The molecule has 27 heavy (non-hydrogen) atoms. The van der Waals surface area contributed by atoms with Crippen LogP contribution >= 0.6 is 0 Å². The minimum absolute atomic E-state index is 0.155. The lowest BCUT2D eigenvalue weighted by molar-refractivity contribution is -0.130. The Morgan fingerprint density at radius 1 is 1.22 bits per heavy atom. The maximum absolute atomic E-state index is 15.4. The molecule has 0 aromatic heterocycles. The molecule has 0 aromatic carbocycles. The molecule has 0 amide bonds. The van der Waals surface area contributed by atoms with Crippen molar-refractivity contribution in [3.05, 3.63) is 0 Å². The van der Waals surface area contributed by atoms with Gasteiger partial charge >= 0.3 is 0 Å². The second-order valence-electron chi connectivity index (χ2n) is 10.6. The molecule has 2 rings (SSSR count). The van der Waals surface area contributed by atoms with Crippen LogP contribution < -0.4 is 0 Å². The van der Waals surface area contributed by atoms with E-state index in [0.717, 1.165) is 44.9 Å². The lowest BCUT2D eigenvalue weighted by Gasteiger charge is -2.43. The zero-order chi connectivity index (χ0) is 20.5. The maximum Gasteiger partial charge on any atom is 0.184 e. The zero-order valence-corrected chi connectivity index (χ0v) is 19.9. The summed E-state index contributed by atoms with van der Waals surface area (Å²) >= 11 is 0. The number of carbonyl (C=O) groups is 1. The van der Waals surface area contributed by atoms with Crippen LogP contribution in [0.25, 0.3) is 0 Å². The summed E-state index contributed by atoms with van der Waals surface area (Å²) in [5, 5.41) is 0. The second-order valence-corrected chi connectivity index (χ2v) is 15.0. The van der Waals surface area contributed by atoms with Crippen LogP contribution in [0.3, 0.4) is 0 Å². The number of hydrogen-bond donors (Lipinski definition) is 0. The van der Waals surface area contributed by atoms with Gasteiger partial charge < -0.3 is 4.43 Å². The van der Waals surface area contributed by atoms with Crippen molar-refractivity contribution < 1.29 is 13.6 Å². The maximum atomic E-state index is 15.4. The SMILES string of the molecule is CCC(CC)(O[Si](C)(C)C)[C@@H](F)CC[C@@H](C)[C@H]1CC[C@H]2C(=O)CCC[C@]12C. The summed E-state index contributed by atoms with van der Waals surface area (Å²) in [6.45, 7) is 15.2. The van der Waals surface area contributed by atoms with Crippen molar-refractivity contribution in [3.63, 3.8) is 0 Å². The van der Waals surface area contributed by atoms with Gasteiger partial charge in [0.25, 0.3) is 0 Å². The van der Waals surface area contributed by atoms with Gasteiger partial charge in [-0.1, -0.05) is 27.7 Å². The third kappa shape index (κ3) is 4.86. The van der Waals surface area contributed by atoms with E-state index < -0.39 is 20.1 Å². The highest BCUT2D eigenvalue weighted by molar-refractivity contribution is 6.69. The van der Waals surface area contributed by atoms with Crippen LogP contribution in [0.15, 0.2) is 0 Å². The van der Waals surface area contributed by atoms with Crippen LogP contribution in [-0.2, 0) is 9.22 Å². The molecule has 0 radical (unpaired) electrons. The van der Waals surface area contributed by atoms with Crippen molar-refractivity contribution >= 4 is 14.1 Å². The van der Waals surface area contributed by atoms with Crippen molar-refractivity contribution in [2.45, 2.75) is 117 Å². The largest absolute Gasteiger partial charge is 0.409 e. The molecule has 2 nitrogen and oxygen atoms in total. The van der Waals surface area contributed by atoms with Gasteiger partial charge in [0.05, 0.1) is 5.60 Å². The highest BCUT2D eigenvalue weighted by atomic mass is 28.4. The molecule has 0 N–H and O–H groups in total. The van der Waals surface area contributed by atoms with Gasteiger partial charge in [-0.2, -0.15) is 0 Å². The summed E-state index contributed by atoms with van der Waals surface area (Å²) < 4.78 is 21.8. The molecule has 0 aromatic rings. The first-order chi connectivity index (χ1) is 12.5. The van der Waals surface area contributed by atoms with Gasteiger partial charge in [0.15, 0.2) is 8.32 Å². The van der Waals surface area contributed by atoms with E-state index in [9.17, 15) is 4.79 Å². The average Bonchev–Trinajstić information content (AvgIpc) is 2.95. The van der Waals surface area contributed by atoms with Crippen LogP contribution in [-0.4, -0.2) is 25.9 Å². The van der Waals surface area contributed by atoms with E-state index in [1.54, 1.807) is 0 Å². The minimum atomic E-state index is -1.80. The van der Waals surface area contributed by atoms with E-state index in [0.29, 0.717) is 24.0 Å². The van der Waals surface area contributed by atoms with Crippen LogP contribution in [0.5, 0.6) is 0 Å². The summed E-state index contributed by atoms with van der Waals surface area (Å²) in [5.74, 6) is 1.79. The molecule has 0 heterocycles. The lowest BCUT2D eigenvalue weighted by Crippen LogP contribution is -2.49. The topological polar surface area (TPSA) is 26.3 Å². The minimum Gasteiger partial charge on any atom is -0.409 e. The average molecular weight is 399 g/mol.